The quantitative estimate of drug-likeness (QED) is 0.244. The lowest BCUT2D eigenvalue weighted by molar-refractivity contribution is 0.626. The smallest absolute Gasteiger partial charge is 0.123 e. The topological polar surface area (TPSA) is 17.8 Å². The molecule has 0 saturated carbocycles. The van der Waals surface area contributed by atoms with Crippen LogP contribution in [0.3, 0.4) is 0 Å². The fraction of sp³-hybridized carbons (Fsp3) is 0.179. The van der Waals surface area contributed by atoms with Crippen LogP contribution in [0.4, 0.5) is 4.39 Å². The third-order valence-corrected chi connectivity index (χ3v) is 5.34. The molecule has 0 spiro atoms. The molecule has 0 fully saturated rings. The van der Waals surface area contributed by atoms with Crippen LogP contribution < -0.4 is 0 Å². The van der Waals surface area contributed by atoms with Crippen LogP contribution in [-0.2, 0) is 0 Å². The minimum atomic E-state index is -0.207. The number of hydrogen-bond acceptors (Lipinski definition) is 1. The number of hydrogen-bond donors (Lipinski definition) is 0. The van der Waals surface area contributed by atoms with E-state index in [4.69, 9.17) is 0 Å². The van der Waals surface area contributed by atoms with E-state index in [-0.39, 0.29) is 5.82 Å². The molecule has 0 atom stereocenters. The third-order valence-electron chi connectivity index (χ3n) is 5.34. The largest absolute Gasteiger partial charge is 0.306 e. The predicted molar refractivity (Wildman–Crippen MR) is 135 cm³/mol. The fourth-order valence-corrected chi connectivity index (χ4v) is 3.66. The highest BCUT2D eigenvalue weighted by Crippen LogP contribution is 2.28. The molecule has 0 aliphatic heterocycles. The summed E-state index contributed by atoms with van der Waals surface area (Å²) in [4.78, 5) is 3.93. The van der Waals surface area contributed by atoms with Crippen molar-refractivity contribution in [3.05, 3.63) is 132 Å². The Labute approximate surface area is 191 Å². The van der Waals surface area contributed by atoms with E-state index in [9.17, 15) is 4.39 Å². The Balaban J connectivity index is 0.000000193. The summed E-state index contributed by atoms with van der Waals surface area (Å²) in [7, 11) is 2.22. The molecule has 0 aliphatic rings. The van der Waals surface area contributed by atoms with Crippen molar-refractivity contribution in [1.29, 1.82) is 0 Å². The van der Waals surface area contributed by atoms with Gasteiger partial charge in [-0.3, -0.25) is 0 Å². The molecule has 32 heavy (non-hydrogen) atoms. The number of nitrogens with zero attached hydrogens (tertiary/aromatic N) is 2. The van der Waals surface area contributed by atoms with Gasteiger partial charge in [-0.05, 0) is 54.7 Å². The summed E-state index contributed by atoms with van der Waals surface area (Å²) < 4.78 is 14.6. The predicted octanol–water partition coefficient (Wildman–Crippen LogP) is 6.53. The van der Waals surface area contributed by atoms with Crippen molar-refractivity contribution >= 4 is 7.85 Å². The van der Waals surface area contributed by atoms with Crippen LogP contribution in [0, 0.1) is 12.7 Å². The molecule has 0 radical (unpaired) electrons. The molecule has 0 bridgehead atoms. The lowest BCUT2D eigenvalue weighted by Crippen LogP contribution is -1.99. The second-order valence-electron chi connectivity index (χ2n) is 7.77. The number of imidazole rings is 1. The molecule has 3 aromatic carbocycles. The summed E-state index contributed by atoms with van der Waals surface area (Å²) in [6.45, 7) is 1.87. The van der Waals surface area contributed by atoms with Crippen LogP contribution in [0.2, 0.25) is 6.32 Å². The zero-order valence-electron chi connectivity index (χ0n) is 18.9. The highest BCUT2D eigenvalue weighted by atomic mass is 19.1. The van der Waals surface area contributed by atoms with Gasteiger partial charge in [0.25, 0.3) is 0 Å². The Bertz CT molecular complexity index is 1040. The molecule has 0 aliphatic carbocycles. The number of aromatic nitrogens is 2. The number of allylic oxidation sites excluding steroid dienone is 2. The van der Waals surface area contributed by atoms with Gasteiger partial charge in [-0.2, -0.15) is 0 Å². The Morgan fingerprint density at radius 1 is 0.938 bits per heavy atom. The van der Waals surface area contributed by atoms with Crippen molar-refractivity contribution in [2.45, 2.75) is 32.0 Å². The minimum Gasteiger partial charge on any atom is -0.306 e. The summed E-state index contributed by atoms with van der Waals surface area (Å²) >= 11 is 0. The molecule has 4 aromatic rings. The van der Waals surface area contributed by atoms with Crippen LogP contribution in [-0.4, -0.2) is 17.4 Å². The van der Waals surface area contributed by atoms with Gasteiger partial charge in [-0.1, -0.05) is 79.1 Å². The first-order valence-corrected chi connectivity index (χ1v) is 11.2. The van der Waals surface area contributed by atoms with Gasteiger partial charge >= 0.3 is 0 Å². The van der Waals surface area contributed by atoms with E-state index in [0.717, 1.165) is 17.7 Å². The van der Waals surface area contributed by atoms with E-state index in [1.54, 1.807) is 18.6 Å². The number of aryl methyl sites for hydroxylation is 1. The van der Waals surface area contributed by atoms with Crippen LogP contribution in [0.1, 0.15) is 35.4 Å². The first-order chi connectivity index (χ1) is 15.7. The Morgan fingerprint density at radius 3 is 2.12 bits per heavy atom. The highest BCUT2D eigenvalue weighted by molar-refractivity contribution is 6.08. The summed E-state index contributed by atoms with van der Waals surface area (Å²) in [6, 6.07) is 26.3. The SMILES string of the molecule is BCCC=CCC(c1ccccc1)c1ccccc1.Cc1cc(F)ccc1-n1ccnc1. The van der Waals surface area contributed by atoms with Gasteiger partial charge < -0.3 is 4.57 Å². The van der Waals surface area contributed by atoms with Crippen LogP contribution >= 0.6 is 0 Å². The van der Waals surface area contributed by atoms with Crippen LogP contribution in [0.5, 0.6) is 0 Å². The minimum absolute atomic E-state index is 0.207. The molecule has 4 heteroatoms. The maximum absolute atomic E-state index is 12.8. The van der Waals surface area contributed by atoms with Crippen molar-refractivity contribution < 1.29 is 4.39 Å². The highest BCUT2D eigenvalue weighted by Gasteiger charge is 2.11. The molecule has 4 rings (SSSR count). The third kappa shape index (κ3) is 6.81. The molecule has 0 N–H and O–H groups in total. The normalized spacial score (nSPS) is 10.8. The van der Waals surface area contributed by atoms with Crippen LogP contribution in [0.25, 0.3) is 5.69 Å². The molecule has 162 valence electrons. The summed E-state index contributed by atoms with van der Waals surface area (Å²) in [5, 5.41) is 0. The number of rotatable bonds is 7. The van der Waals surface area contributed by atoms with E-state index in [2.05, 4.69) is 85.6 Å². The second-order valence-corrected chi connectivity index (χ2v) is 7.77. The van der Waals surface area contributed by atoms with Crippen molar-refractivity contribution in [2.75, 3.05) is 0 Å². The van der Waals surface area contributed by atoms with E-state index >= 15 is 0 Å². The van der Waals surface area contributed by atoms with Gasteiger partial charge in [0.2, 0.25) is 0 Å². The van der Waals surface area contributed by atoms with Gasteiger partial charge in [-0.25, -0.2) is 9.37 Å². The fourth-order valence-electron chi connectivity index (χ4n) is 3.66. The molecule has 2 nitrogen and oxygen atoms in total. The first kappa shape index (κ1) is 23.3. The van der Waals surface area contributed by atoms with Crippen LogP contribution in [0.15, 0.2) is 110 Å². The average Bonchev–Trinajstić information content (AvgIpc) is 3.35. The number of halogens is 1. The van der Waals surface area contributed by atoms with Crippen molar-refractivity contribution in [2.24, 2.45) is 0 Å². The Morgan fingerprint density at radius 2 is 1.59 bits per heavy atom. The molecule has 1 aromatic heterocycles. The van der Waals surface area contributed by atoms with Crippen molar-refractivity contribution in [3.8, 4) is 5.69 Å². The molecule has 0 amide bonds. The Hall–Kier alpha value is -3.40. The molecule has 0 unspecified atom stereocenters. The van der Waals surface area contributed by atoms with E-state index in [1.165, 1.54) is 36.0 Å². The molecular weight excluding hydrogens is 394 g/mol. The average molecular weight is 424 g/mol. The molecule has 1 heterocycles. The zero-order chi connectivity index (χ0) is 22.6. The lowest BCUT2D eigenvalue weighted by atomic mass is 9.88. The summed E-state index contributed by atoms with van der Waals surface area (Å²) in [5.41, 5.74) is 4.65. The Kier molecular flexibility index (Phi) is 9.06. The van der Waals surface area contributed by atoms with Crippen molar-refractivity contribution in [3.63, 3.8) is 0 Å². The van der Waals surface area contributed by atoms with E-state index in [0.29, 0.717) is 5.92 Å². The zero-order valence-corrected chi connectivity index (χ0v) is 18.9. The van der Waals surface area contributed by atoms with Gasteiger partial charge in [0.05, 0.1) is 6.33 Å². The van der Waals surface area contributed by atoms with Gasteiger partial charge in [-0.15, -0.1) is 0 Å². The number of benzene rings is 3. The standard InChI is InChI=1S/C18H21B.C10H9FN2/c19-15-9-3-8-14-18(16-10-4-1-5-11-16)17-12-6-2-7-13-17;1-8-6-9(11)2-3-10(8)13-5-4-12-7-13/h1-8,10-13,18H,9,14-15,19H2;2-7H,1H3. The summed E-state index contributed by atoms with van der Waals surface area (Å²) in [6.07, 6.45) is 13.3. The maximum Gasteiger partial charge on any atom is 0.123 e. The van der Waals surface area contributed by atoms with Gasteiger partial charge in [0.1, 0.15) is 13.7 Å². The molecular formula is C28H30BFN2. The summed E-state index contributed by atoms with van der Waals surface area (Å²) in [5.74, 6) is 0.261. The first-order valence-electron chi connectivity index (χ1n) is 11.2. The molecule has 0 saturated heterocycles. The van der Waals surface area contributed by atoms with Gasteiger partial charge in [0.15, 0.2) is 0 Å². The lowest BCUT2D eigenvalue weighted by Gasteiger charge is -2.16. The van der Waals surface area contributed by atoms with Gasteiger partial charge in [0, 0.05) is 24.0 Å². The second kappa shape index (κ2) is 12.5. The van der Waals surface area contributed by atoms with E-state index in [1.807, 2.05) is 17.7 Å². The van der Waals surface area contributed by atoms with E-state index < -0.39 is 0 Å². The maximum atomic E-state index is 12.8. The monoisotopic (exact) mass is 424 g/mol. The van der Waals surface area contributed by atoms with Crippen molar-refractivity contribution in [1.82, 2.24) is 9.55 Å².